The largest absolute Gasteiger partial charge is 0.438 e. The number of carbonyl (C=O) groups excluding carboxylic acids is 1. The molecule has 0 bridgehead atoms. The molecule has 42 heavy (non-hydrogen) atoms. The molecule has 0 aliphatic carbocycles. The molecule has 0 radical (unpaired) electrons. The molecular weight excluding hydrogens is 550 g/mol. The molecule has 1 fully saturated rings. The fourth-order valence-corrected chi connectivity index (χ4v) is 5.32. The van der Waals surface area contributed by atoms with Crippen LogP contribution in [0.25, 0.3) is 22.4 Å². The molecule has 3 aromatic heterocycles. The van der Waals surface area contributed by atoms with Crippen LogP contribution in [-0.4, -0.2) is 73.5 Å². The minimum atomic E-state index is -0.0000403. The first-order valence-corrected chi connectivity index (χ1v) is 14.3. The lowest BCUT2D eigenvalue weighted by atomic mass is 9.98. The van der Waals surface area contributed by atoms with E-state index >= 15 is 0 Å². The summed E-state index contributed by atoms with van der Waals surface area (Å²) in [5.74, 6) is 1.38. The van der Waals surface area contributed by atoms with Crippen molar-refractivity contribution in [1.29, 1.82) is 0 Å². The highest BCUT2D eigenvalue weighted by molar-refractivity contribution is 6.31. The molecule has 0 spiro atoms. The van der Waals surface area contributed by atoms with Gasteiger partial charge >= 0.3 is 0 Å². The van der Waals surface area contributed by atoms with Gasteiger partial charge in [0, 0.05) is 74.7 Å². The Bertz CT molecular complexity index is 1750. The van der Waals surface area contributed by atoms with Crippen LogP contribution in [-0.2, 0) is 20.0 Å². The first kappa shape index (κ1) is 28.0. The normalized spacial score (nSPS) is 14.4. The van der Waals surface area contributed by atoms with E-state index in [1.54, 1.807) is 41.5 Å². The first-order chi connectivity index (χ1) is 20.3. The number of aryl methyl sites for hydroxylation is 2. The second kappa shape index (κ2) is 12.0. The molecule has 1 saturated heterocycles. The zero-order valence-electron chi connectivity index (χ0n) is 23.9. The summed E-state index contributed by atoms with van der Waals surface area (Å²) in [6, 6.07) is 15.0. The molecule has 0 atom stereocenters. The highest BCUT2D eigenvalue weighted by atomic mass is 35.5. The monoisotopic (exact) mass is 581 g/mol. The Labute approximate surface area is 249 Å². The van der Waals surface area contributed by atoms with Gasteiger partial charge in [-0.2, -0.15) is 10.1 Å². The molecule has 214 valence electrons. The van der Waals surface area contributed by atoms with E-state index in [4.69, 9.17) is 16.3 Å². The van der Waals surface area contributed by atoms with Crippen molar-refractivity contribution < 1.29 is 9.53 Å². The summed E-state index contributed by atoms with van der Waals surface area (Å²) in [6.07, 6.45) is 5.22. The number of halogens is 1. The average Bonchev–Trinajstić information content (AvgIpc) is 3.38. The number of rotatable bonds is 8. The van der Waals surface area contributed by atoms with E-state index in [-0.39, 0.29) is 12.2 Å². The van der Waals surface area contributed by atoms with E-state index in [9.17, 15) is 4.79 Å². The van der Waals surface area contributed by atoms with Crippen LogP contribution in [0.2, 0.25) is 5.02 Å². The number of piperazine rings is 1. The third-order valence-electron chi connectivity index (χ3n) is 7.73. The van der Waals surface area contributed by atoms with Crippen LogP contribution in [0.5, 0.6) is 11.6 Å². The third-order valence-corrected chi connectivity index (χ3v) is 8.10. The van der Waals surface area contributed by atoms with E-state index in [0.29, 0.717) is 44.6 Å². The van der Waals surface area contributed by atoms with Gasteiger partial charge in [0.2, 0.25) is 5.88 Å². The number of pyridine rings is 1. The Morgan fingerprint density at radius 2 is 1.74 bits per heavy atom. The van der Waals surface area contributed by atoms with Crippen LogP contribution in [0, 0.1) is 6.92 Å². The second-order valence-corrected chi connectivity index (χ2v) is 11.2. The Hall–Kier alpha value is -4.18. The molecule has 1 aliphatic rings. The molecule has 0 unspecified atom stereocenters. The van der Waals surface area contributed by atoms with Gasteiger partial charge in [-0.3, -0.25) is 19.4 Å². The predicted octanol–water partition coefficient (Wildman–Crippen LogP) is 5.35. The summed E-state index contributed by atoms with van der Waals surface area (Å²) in [5, 5.41) is 5.52. The highest BCUT2D eigenvalue weighted by Crippen LogP contribution is 2.32. The molecule has 5 aromatic rings. The standard InChI is InChI=1S/C32H32ClN7O2/c1-21-16-23(4-5-24(21)20-40-14-12-38(2)13-15-40)29(41)18-25-17-26(6-7-28(25)33)42-32-27-19-35-39(3)31(27)36-30(37-32)22-8-10-34-11-9-22/h4-11,16-17,19H,12-15,18,20H2,1-3H3. The van der Waals surface area contributed by atoms with Crippen molar-refractivity contribution in [3.8, 4) is 23.0 Å². The van der Waals surface area contributed by atoms with Crippen LogP contribution < -0.4 is 4.74 Å². The number of fused-ring (bicyclic) bond motifs is 1. The van der Waals surface area contributed by atoms with Crippen LogP contribution in [0.3, 0.4) is 0 Å². The van der Waals surface area contributed by atoms with Gasteiger partial charge in [0.05, 0.1) is 6.20 Å². The summed E-state index contributed by atoms with van der Waals surface area (Å²) in [5.41, 5.74) is 5.18. The SMILES string of the molecule is Cc1cc(C(=O)Cc2cc(Oc3nc(-c4ccncc4)nc4c3cnn4C)ccc2Cl)ccc1CN1CCN(C)CC1. The van der Waals surface area contributed by atoms with Crippen molar-refractivity contribution in [1.82, 2.24) is 34.5 Å². The fourth-order valence-electron chi connectivity index (χ4n) is 5.13. The quantitative estimate of drug-likeness (QED) is 0.227. The molecule has 4 heterocycles. The Morgan fingerprint density at radius 1 is 0.952 bits per heavy atom. The lowest BCUT2D eigenvalue weighted by molar-refractivity contribution is 0.0993. The average molecular weight is 582 g/mol. The summed E-state index contributed by atoms with van der Waals surface area (Å²) in [7, 11) is 3.98. The number of hydrogen-bond donors (Lipinski definition) is 0. The van der Waals surface area contributed by atoms with Crippen molar-refractivity contribution >= 4 is 28.4 Å². The van der Waals surface area contributed by atoms with Gasteiger partial charge in [0.1, 0.15) is 11.1 Å². The number of carbonyl (C=O) groups is 1. The van der Waals surface area contributed by atoms with E-state index < -0.39 is 0 Å². The summed E-state index contributed by atoms with van der Waals surface area (Å²) < 4.78 is 7.95. The number of hydrogen-bond acceptors (Lipinski definition) is 8. The predicted molar refractivity (Wildman–Crippen MR) is 163 cm³/mol. The van der Waals surface area contributed by atoms with Gasteiger partial charge in [-0.15, -0.1) is 0 Å². The topological polar surface area (TPSA) is 89.3 Å². The third kappa shape index (κ3) is 6.04. The van der Waals surface area contributed by atoms with Gasteiger partial charge < -0.3 is 9.64 Å². The molecule has 1 aliphatic heterocycles. The number of Topliss-reactive ketones (excluding diaryl/α,β-unsaturated/α-hetero) is 1. The molecule has 10 heteroatoms. The van der Waals surface area contributed by atoms with Crippen molar-refractivity contribution in [2.75, 3.05) is 33.2 Å². The molecule has 0 saturated carbocycles. The van der Waals surface area contributed by atoms with E-state index in [1.165, 1.54) is 5.56 Å². The molecule has 2 aromatic carbocycles. The summed E-state index contributed by atoms with van der Waals surface area (Å²) >= 11 is 6.55. The van der Waals surface area contributed by atoms with Crippen LogP contribution in [0.15, 0.2) is 67.1 Å². The molecule has 0 N–H and O–H groups in total. The van der Waals surface area contributed by atoms with Gasteiger partial charge in [-0.05, 0) is 67.1 Å². The van der Waals surface area contributed by atoms with Crippen molar-refractivity contribution in [3.05, 3.63) is 94.4 Å². The van der Waals surface area contributed by atoms with Crippen molar-refractivity contribution in [2.24, 2.45) is 7.05 Å². The van der Waals surface area contributed by atoms with Crippen molar-refractivity contribution in [3.63, 3.8) is 0 Å². The number of nitrogens with zero attached hydrogens (tertiary/aromatic N) is 7. The Morgan fingerprint density at radius 3 is 2.50 bits per heavy atom. The number of likely N-dealkylation sites (N-methyl/N-ethyl adjacent to an activating group) is 1. The van der Waals surface area contributed by atoms with Gasteiger partial charge in [0.15, 0.2) is 17.3 Å². The fraction of sp³-hybridized carbons (Fsp3) is 0.281. The summed E-state index contributed by atoms with van der Waals surface area (Å²) in [4.78, 5) is 31.6. The lowest BCUT2D eigenvalue weighted by Gasteiger charge is -2.32. The highest BCUT2D eigenvalue weighted by Gasteiger charge is 2.18. The maximum absolute atomic E-state index is 13.4. The Kier molecular flexibility index (Phi) is 7.97. The molecule has 9 nitrogen and oxygen atoms in total. The van der Waals surface area contributed by atoms with E-state index in [0.717, 1.165) is 43.9 Å². The first-order valence-electron chi connectivity index (χ1n) is 13.9. The maximum atomic E-state index is 13.4. The molecular formula is C32H32ClN7O2. The van der Waals surface area contributed by atoms with Gasteiger partial charge in [0.25, 0.3) is 0 Å². The van der Waals surface area contributed by atoms with Crippen LogP contribution in [0.1, 0.15) is 27.0 Å². The van der Waals surface area contributed by atoms with Crippen LogP contribution in [0.4, 0.5) is 0 Å². The van der Waals surface area contributed by atoms with Crippen molar-refractivity contribution in [2.45, 2.75) is 19.9 Å². The minimum absolute atomic E-state index is 0.0000403. The van der Waals surface area contributed by atoms with Crippen LogP contribution >= 0.6 is 11.6 Å². The number of benzene rings is 2. The zero-order chi connectivity index (χ0) is 29.2. The Balaban J connectivity index is 1.21. The lowest BCUT2D eigenvalue weighted by Crippen LogP contribution is -2.43. The molecule has 0 amide bonds. The van der Waals surface area contributed by atoms with Gasteiger partial charge in [-0.25, -0.2) is 4.98 Å². The zero-order valence-corrected chi connectivity index (χ0v) is 24.7. The smallest absolute Gasteiger partial charge is 0.234 e. The number of ether oxygens (including phenoxy) is 1. The number of aromatic nitrogens is 5. The van der Waals surface area contributed by atoms with E-state index in [2.05, 4.69) is 49.9 Å². The van der Waals surface area contributed by atoms with Gasteiger partial charge in [-0.1, -0.05) is 23.7 Å². The molecule has 6 rings (SSSR count). The maximum Gasteiger partial charge on any atom is 0.234 e. The number of ketones is 1. The van der Waals surface area contributed by atoms with E-state index in [1.807, 2.05) is 31.3 Å². The summed E-state index contributed by atoms with van der Waals surface area (Å²) in [6.45, 7) is 7.24. The minimum Gasteiger partial charge on any atom is -0.438 e. The second-order valence-electron chi connectivity index (χ2n) is 10.8.